The molecule has 6 heteroatoms. The van der Waals surface area contributed by atoms with Gasteiger partial charge in [-0.2, -0.15) is 0 Å². The Balaban J connectivity index is 2.67. The van der Waals surface area contributed by atoms with Crippen LogP contribution < -0.4 is 11.1 Å². The summed E-state index contributed by atoms with van der Waals surface area (Å²) in [6.45, 7) is 3.68. The monoisotopic (exact) mass is 284 g/mol. The van der Waals surface area contributed by atoms with Gasteiger partial charge < -0.3 is 16.2 Å². The molecule has 0 atom stereocenters. The summed E-state index contributed by atoms with van der Waals surface area (Å²) >= 11 is 5.90. The third-order valence-corrected chi connectivity index (χ3v) is 2.80. The molecule has 104 valence electrons. The average molecular weight is 285 g/mol. The molecule has 1 aromatic carbocycles. The molecule has 0 bridgehead atoms. The van der Waals surface area contributed by atoms with Crippen molar-refractivity contribution >= 4 is 29.2 Å². The van der Waals surface area contributed by atoms with E-state index in [0.29, 0.717) is 12.1 Å². The quantitative estimate of drug-likeness (QED) is 0.774. The van der Waals surface area contributed by atoms with Gasteiger partial charge in [-0.15, -0.1) is 0 Å². The normalized spacial score (nSPS) is 11.2. The van der Waals surface area contributed by atoms with Crippen molar-refractivity contribution in [2.24, 2.45) is 5.73 Å². The number of hydrogen-bond donors (Lipinski definition) is 3. The number of carbonyl (C=O) groups is 2. The second-order valence-corrected chi connectivity index (χ2v) is 5.44. The summed E-state index contributed by atoms with van der Waals surface area (Å²) in [5.41, 5.74) is 5.85. The van der Waals surface area contributed by atoms with Crippen LogP contribution in [0, 0.1) is 0 Å². The predicted octanol–water partition coefficient (Wildman–Crippen LogP) is 2.49. The molecular formula is C13H17ClN2O3. The number of rotatable bonds is 5. The molecule has 0 radical (unpaired) electrons. The number of carboxylic acids is 1. The number of amides is 1. The standard InChI is InChI=1S/C13H17ClN2O3/c1-13(2,15)6-5-11(17)16-10-4-3-8(12(18)19)7-9(10)14/h3-4,7H,5-6,15H2,1-2H3,(H,16,17)(H,18,19). The lowest BCUT2D eigenvalue weighted by atomic mass is 10.00. The molecule has 0 aliphatic heterocycles. The summed E-state index contributed by atoms with van der Waals surface area (Å²) in [6, 6.07) is 4.15. The van der Waals surface area contributed by atoms with E-state index in [0.717, 1.165) is 0 Å². The highest BCUT2D eigenvalue weighted by Crippen LogP contribution is 2.23. The molecule has 1 aromatic rings. The number of anilines is 1. The van der Waals surface area contributed by atoms with Gasteiger partial charge in [-0.1, -0.05) is 11.6 Å². The molecule has 1 amide bonds. The number of hydrogen-bond acceptors (Lipinski definition) is 3. The van der Waals surface area contributed by atoms with Crippen LogP contribution in [0.25, 0.3) is 0 Å². The second-order valence-electron chi connectivity index (χ2n) is 5.04. The van der Waals surface area contributed by atoms with E-state index in [-0.39, 0.29) is 22.9 Å². The van der Waals surface area contributed by atoms with Crippen molar-refractivity contribution in [3.05, 3.63) is 28.8 Å². The van der Waals surface area contributed by atoms with Crippen LogP contribution in [0.2, 0.25) is 5.02 Å². The fraction of sp³-hybridized carbons (Fsp3) is 0.385. The minimum Gasteiger partial charge on any atom is -0.478 e. The van der Waals surface area contributed by atoms with Crippen LogP contribution >= 0.6 is 11.6 Å². The molecule has 5 nitrogen and oxygen atoms in total. The number of nitrogens with two attached hydrogens (primary N) is 1. The number of carbonyl (C=O) groups excluding carboxylic acids is 1. The molecule has 19 heavy (non-hydrogen) atoms. The summed E-state index contributed by atoms with van der Waals surface area (Å²) in [5, 5.41) is 11.6. The van der Waals surface area contributed by atoms with E-state index in [4.69, 9.17) is 22.4 Å². The zero-order valence-electron chi connectivity index (χ0n) is 10.9. The third kappa shape index (κ3) is 5.28. The van der Waals surface area contributed by atoms with E-state index in [1.807, 2.05) is 13.8 Å². The van der Waals surface area contributed by atoms with Crippen LogP contribution in [0.15, 0.2) is 18.2 Å². The molecule has 1 rings (SSSR count). The largest absolute Gasteiger partial charge is 0.478 e. The van der Waals surface area contributed by atoms with Gasteiger partial charge in [-0.05, 0) is 38.5 Å². The molecule has 0 saturated carbocycles. The fourth-order valence-corrected chi connectivity index (χ4v) is 1.63. The van der Waals surface area contributed by atoms with Crippen molar-refractivity contribution < 1.29 is 14.7 Å². The maximum absolute atomic E-state index is 11.7. The Morgan fingerprint density at radius 3 is 2.53 bits per heavy atom. The van der Waals surface area contributed by atoms with E-state index in [1.54, 1.807) is 0 Å². The topological polar surface area (TPSA) is 92.4 Å². The SMILES string of the molecule is CC(C)(N)CCC(=O)Nc1ccc(C(=O)O)cc1Cl. The summed E-state index contributed by atoms with van der Waals surface area (Å²) in [6.07, 6.45) is 0.824. The molecular weight excluding hydrogens is 268 g/mol. The van der Waals surface area contributed by atoms with Crippen LogP contribution in [0.1, 0.15) is 37.0 Å². The molecule has 0 aromatic heterocycles. The van der Waals surface area contributed by atoms with Crippen LogP contribution in [0.3, 0.4) is 0 Å². The van der Waals surface area contributed by atoms with Crippen molar-refractivity contribution in [1.29, 1.82) is 0 Å². The van der Waals surface area contributed by atoms with Gasteiger partial charge in [-0.3, -0.25) is 4.79 Å². The maximum atomic E-state index is 11.7. The first kappa shape index (κ1) is 15.5. The zero-order chi connectivity index (χ0) is 14.6. The smallest absolute Gasteiger partial charge is 0.335 e. The Kier molecular flexibility index (Phi) is 4.91. The van der Waals surface area contributed by atoms with Gasteiger partial charge in [0.25, 0.3) is 0 Å². The minimum absolute atomic E-state index is 0.0751. The molecule has 4 N–H and O–H groups in total. The number of halogens is 1. The first-order valence-electron chi connectivity index (χ1n) is 5.80. The summed E-state index contributed by atoms with van der Waals surface area (Å²) in [5.74, 6) is -1.27. The van der Waals surface area contributed by atoms with Crippen molar-refractivity contribution in [3.8, 4) is 0 Å². The molecule has 0 unspecified atom stereocenters. The second kappa shape index (κ2) is 6.04. The van der Waals surface area contributed by atoms with E-state index >= 15 is 0 Å². The molecule has 0 aliphatic rings. The number of aromatic carboxylic acids is 1. The van der Waals surface area contributed by atoms with Crippen molar-refractivity contribution in [3.63, 3.8) is 0 Å². The average Bonchev–Trinajstić information content (AvgIpc) is 2.28. The van der Waals surface area contributed by atoms with Gasteiger partial charge in [0.05, 0.1) is 16.3 Å². The van der Waals surface area contributed by atoms with Crippen LogP contribution in [-0.2, 0) is 4.79 Å². The zero-order valence-corrected chi connectivity index (χ0v) is 11.6. The molecule has 0 spiro atoms. The minimum atomic E-state index is -1.07. The highest BCUT2D eigenvalue weighted by molar-refractivity contribution is 6.34. The van der Waals surface area contributed by atoms with E-state index in [9.17, 15) is 9.59 Å². The summed E-state index contributed by atoms with van der Waals surface area (Å²) < 4.78 is 0. The summed E-state index contributed by atoms with van der Waals surface area (Å²) in [7, 11) is 0. The Morgan fingerprint density at radius 1 is 1.42 bits per heavy atom. The van der Waals surface area contributed by atoms with Crippen LogP contribution in [0.4, 0.5) is 5.69 Å². The molecule has 0 saturated heterocycles. The highest BCUT2D eigenvalue weighted by Gasteiger charge is 2.14. The Bertz CT molecular complexity index is 495. The van der Waals surface area contributed by atoms with Crippen molar-refractivity contribution in [1.82, 2.24) is 0 Å². The molecule has 0 heterocycles. The van der Waals surface area contributed by atoms with E-state index in [2.05, 4.69) is 5.32 Å². The lowest BCUT2D eigenvalue weighted by Gasteiger charge is -2.17. The van der Waals surface area contributed by atoms with Gasteiger partial charge in [0.2, 0.25) is 5.91 Å². The number of benzene rings is 1. The van der Waals surface area contributed by atoms with Crippen LogP contribution in [0.5, 0.6) is 0 Å². The van der Waals surface area contributed by atoms with Gasteiger partial charge in [0, 0.05) is 12.0 Å². The van der Waals surface area contributed by atoms with Gasteiger partial charge in [-0.25, -0.2) is 4.79 Å². The lowest BCUT2D eigenvalue weighted by Crippen LogP contribution is -2.33. The Hall–Kier alpha value is -1.59. The van der Waals surface area contributed by atoms with Crippen LogP contribution in [-0.4, -0.2) is 22.5 Å². The first-order valence-corrected chi connectivity index (χ1v) is 6.18. The van der Waals surface area contributed by atoms with Gasteiger partial charge in [0.1, 0.15) is 0 Å². The maximum Gasteiger partial charge on any atom is 0.335 e. The Labute approximate surface area is 116 Å². The molecule has 0 fully saturated rings. The van der Waals surface area contributed by atoms with Gasteiger partial charge >= 0.3 is 5.97 Å². The predicted molar refractivity (Wildman–Crippen MR) is 74.5 cm³/mol. The lowest BCUT2D eigenvalue weighted by molar-refractivity contribution is -0.116. The first-order chi connectivity index (χ1) is 8.69. The van der Waals surface area contributed by atoms with Crippen molar-refractivity contribution in [2.75, 3.05) is 5.32 Å². The number of carboxylic acid groups (broad SMARTS) is 1. The Morgan fingerprint density at radius 2 is 2.05 bits per heavy atom. The molecule has 0 aliphatic carbocycles. The summed E-state index contributed by atoms with van der Waals surface area (Å²) in [4.78, 5) is 22.4. The van der Waals surface area contributed by atoms with Crippen molar-refractivity contribution in [2.45, 2.75) is 32.2 Å². The van der Waals surface area contributed by atoms with Gasteiger partial charge in [0.15, 0.2) is 0 Å². The third-order valence-electron chi connectivity index (χ3n) is 2.49. The number of nitrogens with one attached hydrogen (secondary N) is 1. The van der Waals surface area contributed by atoms with E-state index in [1.165, 1.54) is 18.2 Å². The fourth-order valence-electron chi connectivity index (χ4n) is 1.40. The van der Waals surface area contributed by atoms with E-state index < -0.39 is 11.5 Å². The highest BCUT2D eigenvalue weighted by atomic mass is 35.5.